The molecule has 0 bridgehead atoms. The monoisotopic (exact) mass is 509 g/mol. The molecule has 0 aliphatic rings. The molecule has 0 fully saturated rings. The van der Waals surface area contributed by atoms with E-state index in [4.69, 9.17) is 9.47 Å². The molecule has 0 saturated heterocycles. The van der Waals surface area contributed by atoms with Crippen LogP contribution in [0.4, 0.5) is 5.69 Å². The van der Waals surface area contributed by atoms with E-state index >= 15 is 0 Å². The summed E-state index contributed by atoms with van der Waals surface area (Å²) in [4.78, 5) is 24.0. The van der Waals surface area contributed by atoms with Gasteiger partial charge in [-0.1, -0.05) is 42.0 Å². The third kappa shape index (κ3) is 7.47. The molecule has 3 rings (SSSR count). The van der Waals surface area contributed by atoms with Crippen molar-refractivity contribution in [1.82, 2.24) is 5.43 Å². The molecule has 3 aromatic carbocycles. The van der Waals surface area contributed by atoms with Crippen molar-refractivity contribution < 1.29 is 19.1 Å². The molecular weight excluding hydrogens is 486 g/mol. The average molecular weight is 510 g/mol. The minimum absolute atomic E-state index is 0.353. The molecule has 0 aromatic heterocycles. The molecule has 0 atom stereocenters. The topological polar surface area (TPSA) is 89.0 Å². The molecule has 2 N–H and O–H groups in total. The fourth-order valence-electron chi connectivity index (χ4n) is 2.85. The van der Waals surface area contributed by atoms with Crippen LogP contribution in [0, 0.1) is 6.92 Å². The normalized spacial score (nSPS) is 10.6. The van der Waals surface area contributed by atoms with Crippen LogP contribution < -0.4 is 20.2 Å². The Morgan fingerprint density at radius 1 is 1.00 bits per heavy atom. The average Bonchev–Trinajstić information content (AvgIpc) is 2.80. The Balaban J connectivity index is 1.51. The van der Waals surface area contributed by atoms with E-state index in [0.29, 0.717) is 29.4 Å². The largest absolute Gasteiger partial charge is 0.493 e. The highest BCUT2D eigenvalue weighted by atomic mass is 79.9. The van der Waals surface area contributed by atoms with Crippen LogP contribution in [0.15, 0.2) is 76.3 Å². The van der Waals surface area contributed by atoms with Gasteiger partial charge < -0.3 is 14.8 Å². The molecule has 0 aliphatic heterocycles. The van der Waals surface area contributed by atoms with Crippen molar-refractivity contribution >= 4 is 39.6 Å². The van der Waals surface area contributed by atoms with Crippen molar-refractivity contribution in [3.8, 4) is 11.5 Å². The number of hydrazone groups is 1. The van der Waals surface area contributed by atoms with Gasteiger partial charge in [0.05, 0.1) is 19.0 Å². The first kappa shape index (κ1) is 24.0. The van der Waals surface area contributed by atoms with Gasteiger partial charge in [-0.15, -0.1) is 0 Å². The molecule has 0 radical (unpaired) electrons. The van der Waals surface area contributed by atoms with Gasteiger partial charge in [-0.2, -0.15) is 5.10 Å². The van der Waals surface area contributed by atoms with Gasteiger partial charge in [0.1, 0.15) is 13.0 Å². The molecule has 0 spiro atoms. The Morgan fingerprint density at radius 2 is 1.76 bits per heavy atom. The zero-order chi connectivity index (χ0) is 23.6. The van der Waals surface area contributed by atoms with Gasteiger partial charge in [0.25, 0.3) is 0 Å². The van der Waals surface area contributed by atoms with E-state index in [1.807, 2.05) is 37.3 Å². The number of aryl methyl sites for hydroxylation is 1. The second-order valence-corrected chi connectivity index (χ2v) is 8.04. The van der Waals surface area contributed by atoms with E-state index in [0.717, 1.165) is 10.0 Å². The van der Waals surface area contributed by atoms with Crippen molar-refractivity contribution in [3.05, 3.63) is 87.9 Å². The molecule has 7 nitrogen and oxygen atoms in total. The minimum Gasteiger partial charge on any atom is -0.493 e. The first-order valence-corrected chi connectivity index (χ1v) is 11.0. The summed E-state index contributed by atoms with van der Waals surface area (Å²) in [5.74, 6) is 0.181. The van der Waals surface area contributed by atoms with Crippen LogP contribution in [0.25, 0.3) is 0 Å². The Bertz CT molecular complexity index is 1150. The number of nitrogens with zero attached hydrogens (tertiary/aromatic N) is 1. The predicted molar refractivity (Wildman–Crippen MR) is 132 cm³/mol. The molecule has 3 aromatic rings. The number of anilines is 1. The van der Waals surface area contributed by atoms with Gasteiger partial charge in [-0.25, -0.2) is 5.43 Å². The number of hydrogen-bond donors (Lipinski definition) is 2. The number of rotatable bonds is 9. The van der Waals surface area contributed by atoms with E-state index in [1.165, 1.54) is 11.8 Å². The van der Waals surface area contributed by atoms with Gasteiger partial charge in [0, 0.05) is 4.47 Å². The van der Waals surface area contributed by atoms with Gasteiger partial charge in [-0.3, -0.25) is 9.59 Å². The first-order valence-electron chi connectivity index (χ1n) is 10.2. The Kier molecular flexibility index (Phi) is 8.60. The van der Waals surface area contributed by atoms with Crippen LogP contribution in [0.5, 0.6) is 11.5 Å². The van der Waals surface area contributed by atoms with Crippen LogP contribution in [0.1, 0.15) is 23.1 Å². The van der Waals surface area contributed by atoms with Crippen molar-refractivity contribution in [2.24, 2.45) is 5.10 Å². The summed E-state index contributed by atoms with van der Waals surface area (Å²) in [6.07, 6.45) is 1.11. The maximum absolute atomic E-state index is 12.0. The van der Waals surface area contributed by atoms with E-state index in [-0.39, 0.29) is 6.42 Å². The quantitative estimate of drug-likeness (QED) is 0.245. The maximum Gasteiger partial charge on any atom is 0.249 e. The second kappa shape index (κ2) is 11.8. The lowest BCUT2D eigenvalue weighted by atomic mass is 10.2. The highest BCUT2D eigenvalue weighted by molar-refractivity contribution is 9.10. The predicted octanol–water partition coefficient (Wildman–Crippen LogP) is 4.82. The number of carbonyl (C=O) groups is 2. The van der Waals surface area contributed by atoms with Gasteiger partial charge in [0.15, 0.2) is 11.5 Å². The zero-order valence-electron chi connectivity index (χ0n) is 18.3. The van der Waals surface area contributed by atoms with Crippen LogP contribution >= 0.6 is 15.9 Å². The third-order valence-corrected chi connectivity index (χ3v) is 5.27. The number of ether oxygens (including phenoxy) is 2. The number of hydrogen-bond acceptors (Lipinski definition) is 5. The van der Waals surface area contributed by atoms with Crippen molar-refractivity contribution in [2.75, 3.05) is 12.4 Å². The number of para-hydroxylation sites is 1. The molecule has 33 heavy (non-hydrogen) atoms. The lowest BCUT2D eigenvalue weighted by Gasteiger charge is -2.11. The van der Waals surface area contributed by atoms with Gasteiger partial charge in [-0.05, 0) is 64.3 Å². The van der Waals surface area contributed by atoms with Crippen molar-refractivity contribution in [1.29, 1.82) is 0 Å². The lowest BCUT2D eigenvalue weighted by molar-refractivity contribution is -0.126. The summed E-state index contributed by atoms with van der Waals surface area (Å²) in [6, 6.07) is 20.6. The minimum atomic E-state index is -0.527. The second-order valence-electron chi connectivity index (χ2n) is 7.18. The molecule has 0 unspecified atom stereocenters. The maximum atomic E-state index is 12.0. The van der Waals surface area contributed by atoms with Crippen LogP contribution in [-0.4, -0.2) is 25.1 Å². The number of nitrogens with one attached hydrogen (secondary N) is 2. The van der Waals surface area contributed by atoms with Crippen molar-refractivity contribution in [3.63, 3.8) is 0 Å². The molecule has 0 heterocycles. The molecule has 8 heteroatoms. The fraction of sp³-hybridized carbons (Fsp3) is 0.160. The molecule has 0 saturated carbocycles. The Labute approximate surface area is 200 Å². The van der Waals surface area contributed by atoms with E-state index < -0.39 is 11.8 Å². The first-order chi connectivity index (χ1) is 15.9. The summed E-state index contributed by atoms with van der Waals surface area (Å²) in [5, 5.41) is 6.58. The molecule has 2 amide bonds. The SMILES string of the molecule is COc1cc(C=NNC(=O)CC(=O)Nc2ccccc2Br)ccc1OCc1ccc(C)cc1. The number of amides is 2. The number of carbonyl (C=O) groups excluding carboxylic acids is 2. The lowest BCUT2D eigenvalue weighted by Crippen LogP contribution is -2.24. The molecule has 170 valence electrons. The number of halogens is 1. The molecule has 0 aliphatic carbocycles. The summed E-state index contributed by atoms with van der Waals surface area (Å²) in [6.45, 7) is 2.46. The van der Waals surface area contributed by atoms with Crippen molar-refractivity contribution in [2.45, 2.75) is 20.0 Å². The Morgan fingerprint density at radius 3 is 2.48 bits per heavy atom. The van der Waals surface area contributed by atoms with Crippen LogP contribution in [-0.2, 0) is 16.2 Å². The summed E-state index contributed by atoms with van der Waals surface area (Å²) in [5.41, 5.74) is 5.89. The van der Waals surface area contributed by atoms with Gasteiger partial charge in [0.2, 0.25) is 11.8 Å². The standard InChI is InChI=1S/C25H24BrN3O4/c1-17-7-9-18(10-8-17)16-33-22-12-11-19(13-23(22)32-2)15-27-29-25(31)14-24(30)28-21-6-4-3-5-20(21)26/h3-13,15H,14,16H2,1-2H3,(H,28,30)(H,29,31). The highest BCUT2D eigenvalue weighted by Crippen LogP contribution is 2.28. The highest BCUT2D eigenvalue weighted by Gasteiger charge is 2.10. The third-order valence-electron chi connectivity index (χ3n) is 4.57. The summed E-state index contributed by atoms with van der Waals surface area (Å²) in [7, 11) is 1.56. The number of methoxy groups -OCH3 is 1. The summed E-state index contributed by atoms with van der Waals surface area (Å²) >= 11 is 3.34. The Hall–Kier alpha value is -3.65. The number of benzene rings is 3. The van der Waals surface area contributed by atoms with Gasteiger partial charge >= 0.3 is 0 Å². The molecular formula is C25H24BrN3O4. The van der Waals surface area contributed by atoms with Crippen LogP contribution in [0.2, 0.25) is 0 Å². The van der Waals surface area contributed by atoms with E-state index in [2.05, 4.69) is 31.8 Å². The van der Waals surface area contributed by atoms with E-state index in [1.54, 1.807) is 43.5 Å². The van der Waals surface area contributed by atoms with E-state index in [9.17, 15) is 9.59 Å². The fourth-order valence-corrected chi connectivity index (χ4v) is 3.23. The smallest absolute Gasteiger partial charge is 0.249 e. The zero-order valence-corrected chi connectivity index (χ0v) is 19.9. The summed E-state index contributed by atoms with van der Waals surface area (Å²) < 4.78 is 12.0. The van der Waals surface area contributed by atoms with Crippen LogP contribution in [0.3, 0.4) is 0 Å².